The minimum absolute atomic E-state index is 0.137. The van der Waals surface area contributed by atoms with Crippen LogP contribution >= 0.6 is 11.8 Å². The van der Waals surface area contributed by atoms with Crippen molar-refractivity contribution in [2.75, 3.05) is 25.3 Å². The Balaban J connectivity index is 1.58. The SMILES string of the molecule is COc1ccc(NC(=O)CSc2ccc(-c3ccc(C)c(C)c3)nn2)cc1OC. The number of aromatic nitrogens is 2. The molecule has 0 bridgehead atoms. The number of nitrogens with zero attached hydrogens (tertiary/aromatic N) is 2. The minimum atomic E-state index is -0.137. The first-order valence-electron chi connectivity index (χ1n) is 9.06. The van der Waals surface area contributed by atoms with Crippen molar-refractivity contribution in [3.63, 3.8) is 0 Å². The summed E-state index contributed by atoms with van der Waals surface area (Å²) in [4.78, 5) is 12.2. The Kier molecular flexibility index (Phi) is 6.72. The number of aryl methyl sites for hydroxylation is 2. The second-order valence-electron chi connectivity index (χ2n) is 6.46. The highest BCUT2D eigenvalue weighted by Gasteiger charge is 2.09. The smallest absolute Gasteiger partial charge is 0.234 e. The fourth-order valence-corrected chi connectivity index (χ4v) is 3.32. The van der Waals surface area contributed by atoms with E-state index in [1.54, 1.807) is 32.4 Å². The van der Waals surface area contributed by atoms with Gasteiger partial charge in [-0.2, -0.15) is 0 Å². The molecule has 0 radical (unpaired) electrons. The van der Waals surface area contributed by atoms with Crippen molar-refractivity contribution in [3.8, 4) is 22.8 Å². The maximum Gasteiger partial charge on any atom is 0.234 e. The minimum Gasteiger partial charge on any atom is -0.493 e. The molecule has 0 aliphatic rings. The highest BCUT2D eigenvalue weighted by molar-refractivity contribution is 7.99. The van der Waals surface area contributed by atoms with Gasteiger partial charge in [0.05, 0.1) is 25.7 Å². The number of hydrogen-bond donors (Lipinski definition) is 1. The number of amides is 1. The van der Waals surface area contributed by atoms with E-state index in [2.05, 4.69) is 41.5 Å². The monoisotopic (exact) mass is 409 g/mol. The lowest BCUT2D eigenvalue weighted by Gasteiger charge is -2.10. The van der Waals surface area contributed by atoms with Gasteiger partial charge in [0.1, 0.15) is 5.03 Å². The summed E-state index contributed by atoms with van der Waals surface area (Å²) < 4.78 is 10.4. The summed E-state index contributed by atoms with van der Waals surface area (Å²) in [6.45, 7) is 4.16. The maximum atomic E-state index is 12.2. The van der Waals surface area contributed by atoms with Gasteiger partial charge in [-0.1, -0.05) is 23.9 Å². The summed E-state index contributed by atoms with van der Waals surface area (Å²) in [6, 6.07) is 15.3. The second-order valence-corrected chi connectivity index (χ2v) is 7.46. The van der Waals surface area contributed by atoms with Crippen molar-refractivity contribution in [2.45, 2.75) is 18.9 Å². The van der Waals surface area contributed by atoms with Gasteiger partial charge in [-0.05, 0) is 55.3 Å². The van der Waals surface area contributed by atoms with Gasteiger partial charge in [0, 0.05) is 17.3 Å². The van der Waals surface area contributed by atoms with E-state index in [4.69, 9.17) is 9.47 Å². The van der Waals surface area contributed by atoms with Crippen molar-refractivity contribution in [1.82, 2.24) is 10.2 Å². The Morgan fingerprint density at radius 2 is 1.72 bits per heavy atom. The van der Waals surface area contributed by atoms with E-state index < -0.39 is 0 Å². The number of anilines is 1. The topological polar surface area (TPSA) is 73.3 Å². The molecule has 0 saturated carbocycles. The molecule has 0 unspecified atom stereocenters. The van der Waals surface area contributed by atoms with Gasteiger partial charge < -0.3 is 14.8 Å². The van der Waals surface area contributed by atoms with Crippen molar-refractivity contribution in [2.24, 2.45) is 0 Å². The normalized spacial score (nSPS) is 10.5. The predicted molar refractivity (Wildman–Crippen MR) is 116 cm³/mol. The average molecular weight is 410 g/mol. The fraction of sp³-hybridized carbons (Fsp3) is 0.227. The van der Waals surface area contributed by atoms with Crippen LogP contribution in [0.15, 0.2) is 53.6 Å². The number of ether oxygens (including phenoxy) is 2. The molecule has 0 aliphatic heterocycles. The molecule has 1 aromatic heterocycles. The third-order valence-corrected chi connectivity index (χ3v) is 5.38. The van der Waals surface area contributed by atoms with E-state index in [0.29, 0.717) is 22.2 Å². The first-order chi connectivity index (χ1) is 14.0. The standard InChI is InChI=1S/C22H23N3O3S/c1-14-5-6-16(11-15(14)2)18-8-10-22(25-24-18)29-13-21(26)23-17-7-9-19(27-3)20(12-17)28-4/h5-12H,13H2,1-4H3,(H,23,26). The molecule has 6 nitrogen and oxygen atoms in total. The van der Waals surface area contributed by atoms with Crippen molar-refractivity contribution in [3.05, 3.63) is 59.7 Å². The summed E-state index contributed by atoms with van der Waals surface area (Å²) >= 11 is 1.33. The number of rotatable bonds is 7. The van der Waals surface area contributed by atoms with Crippen molar-refractivity contribution >= 4 is 23.4 Å². The van der Waals surface area contributed by atoms with Crippen molar-refractivity contribution < 1.29 is 14.3 Å². The highest BCUT2D eigenvalue weighted by Crippen LogP contribution is 2.30. The fourth-order valence-electron chi connectivity index (χ4n) is 2.70. The zero-order chi connectivity index (χ0) is 20.8. The van der Waals surface area contributed by atoms with E-state index in [1.165, 1.54) is 22.9 Å². The number of hydrogen-bond acceptors (Lipinski definition) is 6. The predicted octanol–water partition coefficient (Wildman–Crippen LogP) is 4.51. The molecule has 0 spiro atoms. The number of carbonyl (C=O) groups excluding carboxylic acids is 1. The van der Waals surface area contributed by atoms with Crippen molar-refractivity contribution in [1.29, 1.82) is 0 Å². The molecule has 1 amide bonds. The molecule has 0 fully saturated rings. The summed E-state index contributed by atoms with van der Waals surface area (Å²) in [6.07, 6.45) is 0. The van der Waals surface area contributed by atoms with Crippen LogP contribution in [0.3, 0.4) is 0 Å². The van der Waals surface area contributed by atoms with Crippen LogP contribution in [0.5, 0.6) is 11.5 Å². The Hall–Kier alpha value is -3.06. The number of methoxy groups -OCH3 is 2. The average Bonchev–Trinajstić information content (AvgIpc) is 2.74. The van der Waals surface area contributed by atoms with E-state index in [0.717, 1.165) is 11.3 Å². The second kappa shape index (κ2) is 9.43. The Morgan fingerprint density at radius 1 is 0.931 bits per heavy atom. The van der Waals surface area contributed by atoms with Gasteiger partial charge in [0.25, 0.3) is 0 Å². The van der Waals surface area contributed by atoms with Crippen LogP contribution < -0.4 is 14.8 Å². The number of thioether (sulfide) groups is 1. The number of benzene rings is 2. The van der Waals surface area contributed by atoms with Crippen LogP contribution in [0, 0.1) is 13.8 Å². The number of nitrogens with one attached hydrogen (secondary N) is 1. The molecule has 2 aromatic carbocycles. The van der Waals surface area contributed by atoms with Gasteiger partial charge in [0.15, 0.2) is 11.5 Å². The molecule has 0 atom stereocenters. The van der Waals surface area contributed by atoms with Crippen LogP contribution in [0.25, 0.3) is 11.3 Å². The van der Waals surface area contributed by atoms with Crippen LogP contribution in [0.2, 0.25) is 0 Å². The summed E-state index contributed by atoms with van der Waals surface area (Å²) in [5.74, 6) is 1.26. The summed E-state index contributed by atoms with van der Waals surface area (Å²) in [5, 5.41) is 12.1. The lowest BCUT2D eigenvalue weighted by molar-refractivity contribution is -0.113. The Morgan fingerprint density at radius 3 is 2.38 bits per heavy atom. The molecule has 150 valence electrons. The van der Waals surface area contributed by atoms with Gasteiger partial charge in [-0.3, -0.25) is 4.79 Å². The summed E-state index contributed by atoms with van der Waals surface area (Å²) in [7, 11) is 3.12. The molecule has 1 N–H and O–H groups in total. The summed E-state index contributed by atoms with van der Waals surface area (Å²) in [5.41, 5.74) is 4.95. The molecule has 1 heterocycles. The Labute approximate surface area is 174 Å². The molecular weight excluding hydrogens is 386 g/mol. The van der Waals surface area contributed by atoms with Gasteiger partial charge in [-0.25, -0.2) is 0 Å². The first-order valence-corrected chi connectivity index (χ1v) is 10.0. The van der Waals surface area contributed by atoms with E-state index >= 15 is 0 Å². The third-order valence-electron chi connectivity index (χ3n) is 4.46. The largest absolute Gasteiger partial charge is 0.493 e. The lowest BCUT2D eigenvalue weighted by atomic mass is 10.0. The molecule has 7 heteroatoms. The van der Waals surface area contributed by atoms with Crippen LogP contribution in [0.4, 0.5) is 5.69 Å². The zero-order valence-corrected chi connectivity index (χ0v) is 17.7. The molecular formula is C22H23N3O3S. The Bertz CT molecular complexity index is 1010. The van der Waals surface area contributed by atoms with Crippen LogP contribution in [-0.2, 0) is 4.79 Å². The van der Waals surface area contributed by atoms with Gasteiger partial charge in [-0.15, -0.1) is 10.2 Å². The van der Waals surface area contributed by atoms with Gasteiger partial charge >= 0.3 is 0 Å². The van der Waals surface area contributed by atoms with Gasteiger partial charge in [0.2, 0.25) is 5.91 Å². The lowest BCUT2D eigenvalue weighted by Crippen LogP contribution is -2.14. The van der Waals surface area contributed by atoms with E-state index in [1.807, 2.05) is 18.2 Å². The zero-order valence-electron chi connectivity index (χ0n) is 16.9. The third kappa shape index (κ3) is 5.26. The molecule has 3 rings (SSSR count). The molecule has 29 heavy (non-hydrogen) atoms. The van der Waals surface area contributed by atoms with Crippen LogP contribution in [0.1, 0.15) is 11.1 Å². The number of carbonyl (C=O) groups is 1. The molecule has 0 saturated heterocycles. The maximum absolute atomic E-state index is 12.2. The quantitative estimate of drug-likeness (QED) is 0.579. The van der Waals surface area contributed by atoms with E-state index in [-0.39, 0.29) is 11.7 Å². The highest BCUT2D eigenvalue weighted by atomic mass is 32.2. The van der Waals surface area contributed by atoms with E-state index in [9.17, 15) is 4.79 Å². The first kappa shape index (κ1) is 20.7. The van der Waals surface area contributed by atoms with Crippen LogP contribution in [-0.4, -0.2) is 36.1 Å². The molecule has 3 aromatic rings. The molecule has 0 aliphatic carbocycles.